The molecule has 0 aromatic heterocycles. The van der Waals surface area contributed by atoms with Gasteiger partial charge < -0.3 is 5.32 Å². The van der Waals surface area contributed by atoms with E-state index in [1.807, 2.05) is 0 Å². The molecular formula is C21H19Cl2FN2O2S. The van der Waals surface area contributed by atoms with Crippen molar-refractivity contribution < 1.29 is 12.8 Å². The molecule has 4 nitrogen and oxygen atoms in total. The summed E-state index contributed by atoms with van der Waals surface area (Å²) < 4.78 is 43.6. The van der Waals surface area contributed by atoms with E-state index in [9.17, 15) is 12.8 Å². The molecule has 152 valence electrons. The smallest absolute Gasteiger partial charge is 0.245 e. The molecule has 1 saturated carbocycles. The summed E-state index contributed by atoms with van der Waals surface area (Å²) in [7, 11) is -3.84. The molecule has 0 bridgehead atoms. The van der Waals surface area contributed by atoms with Crippen molar-refractivity contribution in [3.05, 3.63) is 70.0 Å². The minimum atomic E-state index is -3.84. The van der Waals surface area contributed by atoms with Crippen molar-refractivity contribution in [2.24, 2.45) is 0 Å². The number of nitrogens with one attached hydrogen (secondary N) is 1. The van der Waals surface area contributed by atoms with Gasteiger partial charge in [0.2, 0.25) is 10.0 Å². The zero-order valence-corrected chi connectivity index (χ0v) is 17.8. The van der Waals surface area contributed by atoms with E-state index in [1.165, 1.54) is 22.5 Å². The predicted octanol–water partition coefficient (Wildman–Crippen LogP) is 5.33. The van der Waals surface area contributed by atoms with Gasteiger partial charge in [0.05, 0.1) is 16.0 Å². The third-order valence-corrected chi connectivity index (χ3v) is 9.10. The SMILES string of the molecule is C=C1CCCC23Nc4c(F)cc(Cl)cc4C12CCN3S(=O)(=O)c1ccc(Cl)cc1. The van der Waals surface area contributed by atoms with E-state index in [2.05, 4.69) is 11.9 Å². The van der Waals surface area contributed by atoms with Crippen LogP contribution in [0.15, 0.2) is 53.4 Å². The molecule has 5 rings (SSSR count). The minimum Gasteiger partial charge on any atom is -0.363 e. The van der Waals surface area contributed by atoms with Gasteiger partial charge in [-0.25, -0.2) is 12.8 Å². The standard InChI is InChI=1S/C21H19Cl2FN2O2S/c1-13-3-2-8-21-20(13,17-11-15(23)12-18(24)19(17)25-21)9-10-26(21)29(27,28)16-6-4-14(22)5-7-16/h4-7,11-12,25H,1-3,8-10H2. The summed E-state index contributed by atoms with van der Waals surface area (Å²) >= 11 is 12.1. The quantitative estimate of drug-likeness (QED) is 0.626. The lowest BCUT2D eigenvalue weighted by atomic mass is 9.62. The maximum Gasteiger partial charge on any atom is 0.245 e. The highest BCUT2D eigenvalue weighted by atomic mass is 35.5. The van der Waals surface area contributed by atoms with Crippen LogP contribution in [0.3, 0.4) is 0 Å². The number of fused-ring (bicyclic) bond motifs is 1. The zero-order chi connectivity index (χ0) is 20.6. The van der Waals surface area contributed by atoms with Gasteiger partial charge in [-0.1, -0.05) is 35.4 Å². The fourth-order valence-electron chi connectivity index (χ4n) is 5.54. The van der Waals surface area contributed by atoms with E-state index in [-0.39, 0.29) is 4.90 Å². The number of sulfonamides is 1. The van der Waals surface area contributed by atoms with E-state index < -0.39 is 26.9 Å². The molecule has 1 aliphatic carbocycles. The average molecular weight is 453 g/mol. The summed E-state index contributed by atoms with van der Waals surface area (Å²) in [6.45, 7) is 4.61. The van der Waals surface area contributed by atoms with Crippen LogP contribution >= 0.6 is 23.2 Å². The number of nitrogens with zero attached hydrogens (tertiary/aromatic N) is 1. The molecule has 2 aliphatic heterocycles. The van der Waals surface area contributed by atoms with Crippen molar-refractivity contribution >= 4 is 38.9 Å². The van der Waals surface area contributed by atoms with Gasteiger partial charge in [-0.3, -0.25) is 0 Å². The molecule has 2 heterocycles. The van der Waals surface area contributed by atoms with Crippen molar-refractivity contribution in [2.45, 2.75) is 41.7 Å². The number of benzene rings is 2. The Hall–Kier alpha value is -1.60. The molecule has 0 spiro atoms. The molecular weight excluding hydrogens is 434 g/mol. The molecule has 2 aromatic rings. The summed E-state index contributed by atoms with van der Waals surface area (Å²) in [5, 5.41) is 4.05. The molecule has 2 atom stereocenters. The fourth-order valence-corrected chi connectivity index (χ4v) is 7.64. The lowest BCUT2D eigenvalue weighted by molar-refractivity contribution is 0.178. The number of hydrogen-bond donors (Lipinski definition) is 1. The van der Waals surface area contributed by atoms with E-state index in [4.69, 9.17) is 23.2 Å². The summed E-state index contributed by atoms with van der Waals surface area (Å²) in [4.78, 5) is 0.166. The fraction of sp³-hybridized carbons (Fsp3) is 0.333. The maximum absolute atomic E-state index is 14.9. The Kier molecular flexibility index (Phi) is 4.14. The molecule has 1 saturated heterocycles. The average Bonchev–Trinajstić information content (AvgIpc) is 3.15. The Balaban J connectivity index is 1.73. The molecule has 0 radical (unpaired) electrons. The summed E-state index contributed by atoms with van der Waals surface area (Å²) in [5.74, 6) is -0.473. The number of rotatable bonds is 2. The number of anilines is 1. The van der Waals surface area contributed by atoms with Crippen LogP contribution in [0, 0.1) is 5.82 Å². The monoisotopic (exact) mass is 452 g/mol. The second-order valence-corrected chi connectivity index (χ2v) is 10.7. The lowest BCUT2D eigenvalue weighted by Crippen LogP contribution is -2.61. The van der Waals surface area contributed by atoms with Crippen LogP contribution in [-0.2, 0) is 15.4 Å². The van der Waals surface area contributed by atoms with E-state index in [0.29, 0.717) is 40.7 Å². The molecule has 29 heavy (non-hydrogen) atoms. The highest BCUT2D eigenvalue weighted by molar-refractivity contribution is 7.89. The van der Waals surface area contributed by atoms with E-state index in [0.717, 1.165) is 18.4 Å². The van der Waals surface area contributed by atoms with Gasteiger partial charge in [0.1, 0.15) is 11.5 Å². The lowest BCUT2D eigenvalue weighted by Gasteiger charge is -2.49. The molecule has 3 aliphatic rings. The first-order chi connectivity index (χ1) is 13.7. The van der Waals surface area contributed by atoms with Crippen molar-refractivity contribution in [1.82, 2.24) is 4.31 Å². The van der Waals surface area contributed by atoms with Crippen molar-refractivity contribution in [1.29, 1.82) is 0 Å². The Morgan fingerprint density at radius 1 is 1.10 bits per heavy atom. The third-order valence-electron chi connectivity index (χ3n) is 6.69. The topological polar surface area (TPSA) is 49.4 Å². The van der Waals surface area contributed by atoms with Crippen LogP contribution < -0.4 is 5.32 Å². The molecule has 8 heteroatoms. The van der Waals surface area contributed by atoms with Crippen LogP contribution in [0.2, 0.25) is 10.0 Å². The zero-order valence-electron chi connectivity index (χ0n) is 15.5. The first-order valence-electron chi connectivity index (χ1n) is 9.47. The molecule has 2 unspecified atom stereocenters. The van der Waals surface area contributed by atoms with E-state index >= 15 is 0 Å². The van der Waals surface area contributed by atoms with Gasteiger partial charge in [0.15, 0.2) is 0 Å². The molecule has 0 amide bonds. The highest BCUT2D eigenvalue weighted by Gasteiger charge is 2.69. The summed E-state index contributed by atoms with van der Waals surface area (Å²) in [6, 6.07) is 9.14. The minimum absolute atomic E-state index is 0.166. The van der Waals surface area contributed by atoms with Gasteiger partial charge in [0.25, 0.3) is 0 Å². The van der Waals surface area contributed by atoms with Crippen LogP contribution in [0.1, 0.15) is 31.2 Å². The Bertz CT molecular complexity index is 1150. The molecule has 1 N–H and O–H groups in total. The van der Waals surface area contributed by atoms with Crippen LogP contribution in [0.25, 0.3) is 0 Å². The van der Waals surface area contributed by atoms with Crippen LogP contribution in [0.4, 0.5) is 10.1 Å². The van der Waals surface area contributed by atoms with E-state index in [1.54, 1.807) is 18.2 Å². The van der Waals surface area contributed by atoms with Crippen molar-refractivity contribution in [3.63, 3.8) is 0 Å². The number of hydrogen-bond acceptors (Lipinski definition) is 3. The number of halogens is 3. The summed E-state index contributed by atoms with van der Waals surface area (Å²) in [6.07, 6.45) is 2.62. The molecule has 2 fully saturated rings. The normalized spacial score (nSPS) is 28.6. The largest absolute Gasteiger partial charge is 0.363 e. The maximum atomic E-state index is 14.9. The van der Waals surface area contributed by atoms with Gasteiger partial charge in [0, 0.05) is 16.6 Å². The first kappa shape index (κ1) is 19.4. The first-order valence-corrected chi connectivity index (χ1v) is 11.7. The van der Waals surface area contributed by atoms with Gasteiger partial charge >= 0.3 is 0 Å². The van der Waals surface area contributed by atoms with Gasteiger partial charge in [-0.05, 0) is 67.6 Å². The Morgan fingerprint density at radius 2 is 1.83 bits per heavy atom. The second-order valence-electron chi connectivity index (χ2n) is 7.94. The van der Waals surface area contributed by atoms with Crippen molar-refractivity contribution in [3.8, 4) is 0 Å². The van der Waals surface area contributed by atoms with Crippen LogP contribution in [-0.4, -0.2) is 24.9 Å². The third kappa shape index (κ3) is 2.37. The van der Waals surface area contributed by atoms with Crippen molar-refractivity contribution in [2.75, 3.05) is 11.9 Å². The molecule has 2 aromatic carbocycles. The second kappa shape index (κ2) is 6.20. The highest BCUT2D eigenvalue weighted by Crippen LogP contribution is 2.64. The Morgan fingerprint density at radius 3 is 2.55 bits per heavy atom. The van der Waals surface area contributed by atoms with Crippen LogP contribution in [0.5, 0.6) is 0 Å². The summed E-state index contributed by atoms with van der Waals surface area (Å²) in [5.41, 5.74) is 0.264. The van der Waals surface area contributed by atoms with Gasteiger partial charge in [-0.2, -0.15) is 4.31 Å². The Labute approximate surface area is 179 Å². The van der Waals surface area contributed by atoms with Gasteiger partial charge in [-0.15, -0.1) is 0 Å². The predicted molar refractivity (Wildman–Crippen MR) is 112 cm³/mol.